The maximum absolute atomic E-state index is 13.8. The Morgan fingerprint density at radius 1 is 1.48 bits per heavy atom. The summed E-state index contributed by atoms with van der Waals surface area (Å²) in [4.78, 5) is 11.5. The van der Waals surface area contributed by atoms with Crippen LogP contribution in [0.1, 0.15) is 30.6 Å². The van der Waals surface area contributed by atoms with Crippen molar-refractivity contribution < 1.29 is 17.6 Å². The van der Waals surface area contributed by atoms with Gasteiger partial charge in [0.15, 0.2) is 0 Å². The molecule has 1 aromatic rings. The van der Waals surface area contributed by atoms with Crippen molar-refractivity contribution >= 4 is 37.2 Å². The summed E-state index contributed by atoms with van der Waals surface area (Å²) in [6, 6.07) is 1.63. The van der Waals surface area contributed by atoms with Crippen LogP contribution in [0.15, 0.2) is 17.0 Å². The van der Waals surface area contributed by atoms with Crippen molar-refractivity contribution in [1.29, 1.82) is 0 Å². The molecular weight excluding hydrogens is 340 g/mol. The van der Waals surface area contributed by atoms with Gasteiger partial charge < -0.3 is 5.32 Å². The van der Waals surface area contributed by atoms with Crippen LogP contribution >= 0.6 is 22.3 Å². The Hall–Kier alpha value is -0.850. The number of amides is 1. The van der Waals surface area contributed by atoms with Gasteiger partial charge in [-0.2, -0.15) is 0 Å². The van der Waals surface area contributed by atoms with Crippen LogP contribution in [0.3, 0.4) is 0 Å². The van der Waals surface area contributed by atoms with Gasteiger partial charge in [-0.1, -0.05) is 25.4 Å². The fourth-order valence-electron chi connectivity index (χ4n) is 2.13. The van der Waals surface area contributed by atoms with E-state index in [2.05, 4.69) is 19.2 Å². The summed E-state index contributed by atoms with van der Waals surface area (Å²) in [6.45, 7) is 4.56. The molecule has 4 nitrogen and oxygen atoms in total. The summed E-state index contributed by atoms with van der Waals surface area (Å²) in [5, 5.41) is 2.24. The number of nitrogens with one attached hydrogen (secondary N) is 1. The maximum atomic E-state index is 13.8. The van der Waals surface area contributed by atoms with Gasteiger partial charge in [0.25, 0.3) is 15.0 Å². The van der Waals surface area contributed by atoms with E-state index in [1.54, 1.807) is 0 Å². The van der Waals surface area contributed by atoms with Crippen LogP contribution < -0.4 is 5.32 Å². The molecule has 1 fully saturated rings. The number of rotatable bonds is 4. The third-order valence-electron chi connectivity index (χ3n) is 3.76. The first-order valence-electron chi connectivity index (χ1n) is 6.24. The van der Waals surface area contributed by atoms with Crippen LogP contribution in [0.2, 0.25) is 5.02 Å². The highest BCUT2D eigenvalue weighted by atomic mass is 35.7. The van der Waals surface area contributed by atoms with Gasteiger partial charge in [0.1, 0.15) is 10.7 Å². The molecule has 1 N–H and O–H groups in total. The lowest BCUT2D eigenvalue weighted by Gasteiger charge is -2.09. The summed E-state index contributed by atoms with van der Waals surface area (Å²) >= 11 is 5.63. The van der Waals surface area contributed by atoms with E-state index in [4.69, 9.17) is 22.3 Å². The van der Waals surface area contributed by atoms with Gasteiger partial charge >= 0.3 is 0 Å². The largest absolute Gasteiger partial charge is 0.352 e. The topological polar surface area (TPSA) is 63.2 Å². The number of hydrogen-bond donors (Lipinski definition) is 1. The molecule has 0 saturated heterocycles. The lowest BCUT2D eigenvalue weighted by atomic mass is 10.1. The van der Waals surface area contributed by atoms with Crippen molar-refractivity contribution in [3.63, 3.8) is 0 Å². The van der Waals surface area contributed by atoms with E-state index in [-0.39, 0.29) is 10.4 Å². The molecule has 1 aliphatic rings. The Labute approximate surface area is 132 Å². The maximum Gasteiger partial charge on any atom is 0.262 e. The second-order valence-corrected chi connectivity index (χ2v) is 8.74. The Bertz CT molecular complexity index is 704. The molecule has 1 aliphatic carbocycles. The predicted octanol–water partition coefficient (Wildman–Crippen LogP) is 3.18. The molecule has 0 aromatic heterocycles. The molecule has 0 radical (unpaired) electrons. The number of carbonyl (C=O) groups excluding carboxylic acids is 1. The summed E-state index contributed by atoms with van der Waals surface area (Å²) in [7, 11) is 1.05. The Morgan fingerprint density at radius 3 is 2.52 bits per heavy atom. The highest BCUT2D eigenvalue weighted by Gasteiger charge is 2.45. The number of hydrogen-bond acceptors (Lipinski definition) is 3. The first-order chi connectivity index (χ1) is 9.52. The predicted molar refractivity (Wildman–Crippen MR) is 78.7 cm³/mol. The fourth-order valence-corrected chi connectivity index (χ4v) is 3.63. The quantitative estimate of drug-likeness (QED) is 0.845. The first kappa shape index (κ1) is 16.5. The van der Waals surface area contributed by atoms with Gasteiger partial charge in [-0.05, 0) is 29.9 Å². The molecule has 1 saturated carbocycles. The summed E-state index contributed by atoms with van der Waals surface area (Å²) in [5.74, 6) is -1.24. The molecule has 2 rings (SSSR count). The van der Waals surface area contributed by atoms with Crippen molar-refractivity contribution in [2.75, 3.05) is 6.54 Å². The van der Waals surface area contributed by atoms with Crippen LogP contribution in [0.4, 0.5) is 4.39 Å². The van der Waals surface area contributed by atoms with E-state index in [0.717, 1.165) is 18.6 Å². The second kappa shape index (κ2) is 5.41. The number of halogens is 3. The number of benzene rings is 1. The Balaban J connectivity index is 2.21. The van der Waals surface area contributed by atoms with Crippen molar-refractivity contribution in [2.24, 2.45) is 11.3 Å². The highest BCUT2D eigenvalue weighted by Crippen LogP contribution is 2.51. The van der Waals surface area contributed by atoms with Crippen LogP contribution in [0.25, 0.3) is 0 Å². The van der Waals surface area contributed by atoms with E-state index in [9.17, 15) is 17.6 Å². The molecule has 0 aliphatic heterocycles. The van der Waals surface area contributed by atoms with Gasteiger partial charge in [0.2, 0.25) is 0 Å². The van der Waals surface area contributed by atoms with Gasteiger partial charge in [-0.3, -0.25) is 4.79 Å². The lowest BCUT2D eigenvalue weighted by molar-refractivity contribution is 0.0946. The monoisotopic (exact) mass is 353 g/mol. The van der Waals surface area contributed by atoms with Gasteiger partial charge in [0.05, 0.1) is 10.6 Å². The summed E-state index contributed by atoms with van der Waals surface area (Å²) in [5.41, 5.74) is -0.215. The molecule has 1 aromatic carbocycles. The molecule has 1 atom stereocenters. The molecule has 1 amide bonds. The third kappa shape index (κ3) is 3.67. The molecular formula is C13H14Cl2FNO3S. The minimum Gasteiger partial charge on any atom is -0.352 e. The molecule has 116 valence electrons. The lowest BCUT2D eigenvalue weighted by Crippen LogP contribution is -2.27. The van der Waals surface area contributed by atoms with Crippen molar-refractivity contribution in [1.82, 2.24) is 5.32 Å². The van der Waals surface area contributed by atoms with Crippen LogP contribution in [-0.2, 0) is 9.05 Å². The van der Waals surface area contributed by atoms with Gasteiger partial charge in [-0.15, -0.1) is 0 Å². The summed E-state index contributed by atoms with van der Waals surface area (Å²) < 4.78 is 36.4. The standard InChI is InChI=1S/C13H14Cl2FNO3S/c1-13(2)5-7(13)6-17-12(18)8-3-11(21(15,19)20)9(14)4-10(8)16/h3-4,7H,5-6H2,1-2H3,(H,17,18). The third-order valence-corrected chi connectivity index (χ3v) is 5.54. The zero-order chi connectivity index (χ0) is 16.0. The van der Waals surface area contributed by atoms with E-state index in [1.807, 2.05) is 0 Å². The summed E-state index contributed by atoms with van der Waals surface area (Å²) in [6.07, 6.45) is 0.984. The Kier molecular flexibility index (Phi) is 4.26. The SMILES string of the molecule is CC1(C)CC1CNC(=O)c1cc(S(=O)(=O)Cl)c(Cl)cc1F. The normalized spacial score (nSPS) is 20.1. The van der Waals surface area contributed by atoms with Crippen LogP contribution in [-0.4, -0.2) is 20.9 Å². The zero-order valence-electron chi connectivity index (χ0n) is 11.4. The van der Waals surface area contributed by atoms with Crippen molar-refractivity contribution in [3.05, 3.63) is 28.5 Å². The van der Waals surface area contributed by atoms with Gasteiger partial charge in [-0.25, -0.2) is 12.8 Å². The average Bonchev–Trinajstić information content (AvgIpc) is 2.92. The first-order valence-corrected chi connectivity index (χ1v) is 8.93. The average molecular weight is 354 g/mol. The van der Waals surface area contributed by atoms with E-state index >= 15 is 0 Å². The van der Waals surface area contributed by atoms with E-state index < -0.39 is 31.2 Å². The van der Waals surface area contributed by atoms with Gasteiger partial charge in [0, 0.05) is 17.2 Å². The highest BCUT2D eigenvalue weighted by molar-refractivity contribution is 8.13. The smallest absolute Gasteiger partial charge is 0.262 e. The van der Waals surface area contributed by atoms with E-state index in [1.165, 1.54) is 0 Å². The second-order valence-electron chi connectivity index (χ2n) is 5.80. The molecule has 8 heteroatoms. The van der Waals surface area contributed by atoms with E-state index in [0.29, 0.717) is 12.5 Å². The molecule has 0 heterocycles. The molecule has 0 spiro atoms. The minimum absolute atomic E-state index is 0.177. The van der Waals surface area contributed by atoms with Crippen molar-refractivity contribution in [3.8, 4) is 0 Å². The van der Waals surface area contributed by atoms with Crippen LogP contribution in [0.5, 0.6) is 0 Å². The van der Waals surface area contributed by atoms with Crippen LogP contribution in [0, 0.1) is 17.2 Å². The minimum atomic E-state index is -4.15. The van der Waals surface area contributed by atoms with Crippen molar-refractivity contribution in [2.45, 2.75) is 25.2 Å². The molecule has 21 heavy (non-hydrogen) atoms. The fraction of sp³-hybridized carbons (Fsp3) is 0.462. The Morgan fingerprint density at radius 2 is 2.05 bits per heavy atom. The molecule has 0 bridgehead atoms. The number of carbonyl (C=O) groups is 1. The molecule has 1 unspecified atom stereocenters. The zero-order valence-corrected chi connectivity index (χ0v) is 13.7.